The first-order valence-corrected chi connectivity index (χ1v) is 10.0. The maximum atomic E-state index is 12.0. The number of nitrogens with one attached hydrogen (secondary N) is 3. The Labute approximate surface area is 163 Å². The number of aromatic nitrogens is 1. The monoisotopic (exact) mass is 406 g/mol. The molecule has 0 fully saturated rings. The predicted molar refractivity (Wildman–Crippen MR) is 102 cm³/mol. The first-order chi connectivity index (χ1) is 13.3. The van der Waals surface area contributed by atoms with Gasteiger partial charge in [0, 0.05) is 30.9 Å². The van der Waals surface area contributed by atoms with Crippen molar-refractivity contribution in [2.75, 3.05) is 6.54 Å². The molecular weight excluding hydrogens is 384 g/mol. The Balaban J connectivity index is 1.75. The van der Waals surface area contributed by atoms with Gasteiger partial charge in [0.15, 0.2) is 0 Å². The molecule has 9 nitrogen and oxygen atoms in total. The van der Waals surface area contributed by atoms with Crippen LogP contribution in [0.25, 0.3) is 0 Å². The van der Waals surface area contributed by atoms with Crippen LogP contribution in [-0.2, 0) is 14.8 Å². The number of hydrogen-bond donors (Lipinski definition) is 3. The molecule has 0 atom stereocenters. The molecule has 0 unspecified atom stereocenters. The largest absolute Gasteiger partial charge is 0.491 e. The van der Waals surface area contributed by atoms with E-state index in [0.717, 1.165) is 0 Å². The topological polar surface area (TPSA) is 126 Å². The predicted octanol–water partition coefficient (Wildman–Crippen LogP) is 0.998. The summed E-state index contributed by atoms with van der Waals surface area (Å²) in [5, 5.41) is 0. The molecule has 2 rings (SSSR count). The van der Waals surface area contributed by atoms with Crippen LogP contribution in [-0.4, -0.2) is 37.9 Å². The van der Waals surface area contributed by atoms with E-state index < -0.39 is 21.8 Å². The van der Waals surface area contributed by atoms with Crippen LogP contribution >= 0.6 is 0 Å². The third kappa shape index (κ3) is 6.63. The lowest BCUT2D eigenvalue weighted by atomic mass is 10.2. The number of hydrogen-bond acceptors (Lipinski definition) is 6. The van der Waals surface area contributed by atoms with Crippen molar-refractivity contribution in [2.45, 2.75) is 31.3 Å². The number of amides is 2. The van der Waals surface area contributed by atoms with Crippen molar-refractivity contribution in [3.05, 3.63) is 54.4 Å². The molecule has 0 bridgehead atoms. The smallest absolute Gasteiger partial charge is 0.269 e. The highest BCUT2D eigenvalue weighted by Crippen LogP contribution is 2.13. The van der Waals surface area contributed by atoms with Crippen molar-refractivity contribution in [1.82, 2.24) is 20.6 Å². The number of pyridine rings is 1. The zero-order chi connectivity index (χ0) is 20.6. The van der Waals surface area contributed by atoms with Crippen molar-refractivity contribution in [1.29, 1.82) is 0 Å². The number of carbonyl (C=O) groups is 2. The fourth-order valence-corrected chi connectivity index (χ4v) is 3.10. The van der Waals surface area contributed by atoms with E-state index in [1.807, 2.05) is 13.8 Å². The average molecular weight is 406 g/mol. The first-order valence-electron chi connectivity index (χ1n) is 8.53. The van der Waals surface area contributed by atoms with Gasteiger partial charge < -0.3 is 4.74 Å². The lowest BCUT2D eigenvalue weighted by Crippen LogP contribution is -2.42. The number of hydrazine groups is 1. The Morgan fingerprint density at radius 3 is 2.43 bits per heavy atom. The molecule has 3 N–H and O–H groups in total. The molecule has 28 heavy (non-hydrogen) atoms. The molecule has 1 aromatic heterocycles. The van der Waals surface area contributed by atoms with E-state index in [1.54, 1.807) is 24.3 Å². The molecule has 0 saturated carbocycles. The number of benzene rings is 1. The van der Waals surface area contributed by atoms with Gasteiger partial charge >= 0.3 is 0 Å². The van der Waals surface area contributed by atoms with E-state index in [4.69, 9.17) is 4.74 Å². The molecule has 150 valence electrons. The van der Waals surface area contributed by atoms with Crippen LogP contribution in [0.15, 0.2) is 53.7 Å². The van der Waals surface area contributed by atoms with E-state index in [0.29, 0.717) is 11.3 Å². The van der Waals surface area contributed by atoms with Gasteiger partial charge in [-0.05, 0) is 50.2 Å². The molecule has 2 aromatic rings. The maximum absolute atomic E-state index is 12.0. The number of ether oxygens (including phenoxy) is 1. The van der Waals surface area contributed by atoms with Crippen LogP contribution in [0, 0.1) is 0 Å². The highest BCUT2D eigenvalue weighted by molar-refractivity contribution is 7.89. The van der Waals surface area contributed by atoms with Crippen LogP contribution < -0.4 is 20.3 Å². The molecule has 10 heteroatoms. The molecular formula is C18H22N4O5S. The molecule has 0 radical (unpaired) electrons. The van der Waals surface area contributed by atoms with Gasteiger partial charge in [-0.1, -0.05) is 0 Å². The number of sulfonamides is 1. The molecule has 1 aromatic carbocycles. The summed E-state index contributed by atoms with van der Waals surface area (Å²) in [6.45, 7) is 3.67. The number of nitrogens with zero attached hydrogens (tertiary/aromatic N) is 1. The summed E-state index contributed by atoms with van der Waals surface area (Å²) in [4.78, 5) is 27.5. The first kappa shape index (κ1) is 21.3. The molecule has 0 aliphatic heterocycles. The fraction of sp³-hybridized carbons (Fsp3) is 0.278. The van der Waals surface area contributed by atoms with Crippen molar-refractivity contribution >= 4 is 21.8 Å². The second-order valence-corrected chi connectivity index (χ2v) is 7.80. The van der Waals surface area contributed by atoms with Gasteiger partial charge in [0.1, 0.15) is 10.6 Å². The summed E-state index contributed by atoms with van der Waals surface area (Å²) < 4.78 is 31.8. The second kappa shape index (κ2) is 9.81. The lowest BCUT2D eigenvalue weighted by molar-refractivity contribution is -0.121. The fourth-order valence-electron chi connectivity index (χ4n) is 2.11. The van der Waals surface area contributed by atoms with Gasteiger partial charge in [0.25, 0.3) is 5.91 Å². The van der Waals surface area contributed by atoms with Gasteiger partial charge in [0.05, 0.1) is 6.10 Å². The Kier molecular flexibility index (Phi) is 7.47. The van der Waals surface area contributed by atoms with Crippen molar-refractivity contribution < 1.29 is 22.7 Å². The summed E-state index contributed by atoms with van der Waals surface area (Å²) in [6.07, 6.45) is 2.54. The van der Waals surface area contributed by atoms with E-state index in [-0.39, 0.29) is 24.0 Å². The van der Waals surface area contributed by atoms with Gasteiger partial charge in [-0.3, -0.25) is 25.4 Å². The van der Waals surface area contributed by atoms with Crippen LogP contribution in [0.1, 0.15) is 30.6 Å². The molecule has 0 spiro atoms. The summed E-state index contributed by atoms with van der Waals surface area (Å²) in [5.41, 5.74) is 4.85. The van der Waals surface area contributed by atoms with E-state index in [2.05, 4.69) is 20.6 Å². The van der Waals surface area contributed by atoms with Gasteiger partial charge in [0.2, 0.25) is 15.9 Å². The van der Waals surface area contributed by atoms with Crippen LogP contribution in [0.2, 0.25) is 0 Å². The van der Waals surface area contributed by atoms with Crippen molar-refractivity contribution in [3.63, 3.8) is 0 Å². The minimum absolute atomic E-state index is 0.00797. The summed E-state index contributed by atoms with van der Waals surface area (Å²) in [6, 6.07) is 9.35. The Hall–Kier alpha value is -2.98. The molecule has 2 amide bonds. The summed E-state index contributed by atoms with van der Waals surface area (Å²) >= 11 is 0. The number of carbonyl (C=O) groups excluding carboxylic acids is 2. The molecule has 0 aliphatic rings. The molecule has 0 saturated heterocycles. The molecule has 1 heterocycles. The van der Waals surface area contributed by atoms with E-state index in [1.165, 1.54) is 24.5 Å². The van der Waals surface area contributed by atoms with Crippen molar-refractivity contribution in [3.8, 4) is 5.75 Å². The zero-order valence-electron chi connectivity index (χ0n) is 15.5. The SMILES string of the molecule is CC(C)Oc1ccc(C(=O)NNC(=O)CCNS(=O)(=O)c2cccnc2)cc1. The van der Waals surface area contributed by atoms with E-state index in [9.17, 15) is 18.0 Å². The third-order valence-electron chi connectivity index (χ3n) is 3.39. The minimum atomic E-state index is -3.73. The lowest BCUT2D eigenvalue weighted by Gasteiger charge is -2.11. The standard InChI is InChI=1S/C18H22N4O5S/c1-13(2)27-15-7-5-14(6-8-15)18(24)22-21-17(23)9-11-20-28(25,26)16-4-3-10-19-12-16/h3-8,10,12-13,20H,9,11H2,1-2H3,(H,21,23)(H,22,24). The van der Waals surface area contributed by atoms with Crippen molar-refractivity contribution in [2.24, 2.45) is 0 Å². The van der Waals surface area contributed by atoms with E-state index >= 15 is 0 Å². The molecule has 0 aliphatic carbocycles. The van der Waals surface area contributed by atoms with Crippen LogP contribution in [0.5, 0.6) is 5.75 Å². The van der Waals surface area contributed by atoms with Crippen LogP contribution in [0.3, 0.4) is 0 Å². The zero-order valence-corrected chi connectivity index (χ0v) is 16.3. The van der Waals surface area contributed by atoms with Gasteiger partial charge in [-0.2, -0.15) is 0 Å². The highest BCUT2D eigenvalue weighted by Gasteiger charge is 2.14. The second-order valence-electron chi connectivity index (χ2n) is 6.03. The highest BCUT2D eigenvalue weighted by atomic mass is 32.2. The average Bonchev–Trinajstić information content (AvgIpc) is 2.67. The van der Waals surface area contributed by atoms with Gasteiger partial charge in [-0.25, -0.2) is 13.1 Å². The Bertz CT molecular complexity index is 899. The number of rotatable bonds is 8. The quantitative estimate of drug-likeness (QED) is 0.562. The van der Waals surface area contributed by atoms with Crippen LogP contribution in [0.4, 0.5) is 0 Å². The summed E-state index contributed by atoms with van der Waals surface area (Å²) in [7, 11) is -3.73. The van der Waals surface area contributed by atoms with Gasteiger partial charge in [-0.15, -0.1) is 0 Å². The third-order valence-corrected chi connectivity index (χ3v) is 4.84. The Morgan fingerprint density at radius 2 is 1.82 bits per heavy atom. The normalized spacial score (nSPS) is 11.1. The maximum Gasteiger partial charge on any atom is 0.269 e. The summed E-state index contributed by atoms with van der Waals surface area (Å²) in [5.74, 6) is -0.404. The Morgan fingerprint density at radius 1 is 1.11 bits per heavy atom. The minimum Gasteiger partial charge on any atom is -0.491 e.